The van der Waals surface area contributed by atoms with Crippen molar-refractivity contribution in [2.24, 2.45) is 0 Å². The number of nitrogens with one attached hydrogen (secondary N) is 1. The largest absolute Gasteiger partial charge is 0.381 e. The summed E-state index contributed by atoms with van der Waals surface area (Å²) < 4.78 is 5.43. The lowest BCUT2D eigenvalue weighted by Gasteiger charge is -2.24. The normalized spacial score (nSPS) is 15.0. The molecule has 1 aliphatic heterocycles. The third-order valence-electron chi connectivity index (χ3n) is 4.15. The molecule has 4 rings (SSSR count). The quantitative estimate of drug-likeness (QED) is 0.790. The van der Waals surface area contributed by atoms with Gasteiger partial charge in [-0.05, 0) is 37.1 Å². The van der Waals surface area contributed by atoms with E-state index in [1.807, 2.05) is 42.6 Å². The molecule has 0 saturated carbocycles. The molecular formula is C19H19N5O. The molecule has 1 N–H and O–H groups in total. The average molecular weight is 333 g/mol. The summed E-state index contributed by atoms with van der Waals surface area (Å²) in [6, 6.07) is 12.0. The van der Waals surface area contributed by atoms with Gasteiger partial charge in [-0.15, -0.1) is 0 Å². The van der Waals surface area contributed by atoms with Crippen LogP contribution in [0.1, 0.15) is 12.8 Å². The topological polar surface area (TPSA) is 72.8 Å². The van der Waals surface area contributed by atoms with Crippen molar-refractivity contribution in [3.05, 3.63) is 55.0 Å². The number of aromatic nitrogens is 4. The molecule has 6 nitrogen and oxygen atoms in total. The number of nitrogens with zero attached hydrogens (tertiary/aromatic N) is 4. The Morgan fingerprint density at radius 3 is 2.64 bits per heavy atom. The maximum Gasteiger partial charge on any atom is 0.180 e. The van der Waals surface area contributed by atoms with Crippen LogP contribution in [-0.2, 0) is 4.74 Å². The van der Waals surface area contributed by atoms with E-state index in [0.29, 0.717) is 11.9 Å². The van der Waals surface area contributed by atoms with Crippen LogP contribution in [0.15, 0.2) is 55.0 Å². The van der Waals surface area contributed by atoms with Crippen molar-refractivity contribution in [3.63, 3.8) is 0 Å². The average Bonchev–Trinajstić information content (AvgIpc) is 2.70. The molecule has 3 aromatic rings. The molecular weight excluding hydrogens is 314 g/mol. The van der Waals surface area contributed by atoms with Gasteiger partial charge in [0.25, 0.3) is 0 Å². The molecule has 3 aromatic heterocycles. The Kier molecular flexibility index (Phi) is 4.61. The fourth-order valence-electron chi connectivity index (χ4n) is 2.84. The third kappa shape index (κ3) is 3.80. The van der Waals surface area contributed by atoms with Crippen molar-refractivity contribution in [1.29, 1.82) is 0 Å². The molecule has 25 heavy (non-hydrogen) atoms. The summed E-state index contributed by atoms with van der Waals surface area (Å²) in [5.41, 5.74) is 2.54. The number of hydrogen-bond acceptors (Lipinski definition) is 6. The number of ether oxygens (including phenoxy) is 1. The van der Waals surface area contributed by atoms with Crippen LogP contribution < -0.4 is 5.32 Å². The number of rotatable bonds is 4. The van der Waals surface area contributed by atoms with Crippen LogP contribution in [-0.4, -0.2) is 39.2 Å². The van der Waals surface area contributed by atoms with Crippen molar-refractivity contribution >= 4 is 5.82 Å². The van der Waals surface area contributed by atoms with Crippen molar-refractivity contribution in [2.45, 2.75) is 18.9 Å². The van der Waals surface area contributed by atoms with Crippen molar-refractivity contribution < 1.29 is 4.74 Å². The van der Waals surface area contributed by atoms with Gasteiger partial charge in [0.05, 0.1) is 5.69 Å². The lowest BCUT2D eigenvalue weighted by Crippen LogP contribution is -2.28. The van der Waals surface area contributed by atoms with E-state index in [4.69, 9.17) is 4.74 Å². The van der Waals surface area contributed by atoms with E-state index in [2.05, 4.69) is 25.3 Å². The van der Waals surface area contributed by atoms with Gasteiger partial charge in [0, 0.05) is 49.5 Å². The molecule has 4 heterocycles. The highest BCUT2D eigenvalue weighted by Gasteiger charge is 2.16. The minimum atomic E-state index is 0.363. The number of hydrogen-bond donors (Lipinski definition) is 1. The maximum absolute atomic E-state index is 5.43. The molecule has 0 bridgehead atoms. The van der Waals surface area contributed by atoms with Crippen LogP contribution in [0.3, 0.4) is 0 Å². The van der Waals surface area contributed by atoms with E-state index in [0.717, 1.165) is 48.8 Å². The zero-order valence-electron chi connectivity index (χ0n) is 13.8. The van der Waals surface area contributed by atoms with E-state index in [9.17, 15) is 0 Å². The lowest BCUT2D eigenvalue weighted by molar-refractivity contribution is 0.0904. The summed E-state index contributed by atoms with van der Waals surface area (Å²) >= 11 is 0. The van der Waals surface area contributed by atoms with Crippen LogP contribution in [0.2, 0.25) is 0 Å². The molecule has 126 valence electrons. The van der Waals surface area contributed by atoms with Crippen LogP contribution >= 0.6 is 0 Å². The van der Waals surface area contributed by atoms with Gasteiger partial charge in [-0.2, -0.15) is 0 Å². The minimum absolute atomic E-state index is 0.363. The Balaban J connectivity index is 1.72. The Bertz CT molecular complexity index is 762. The predicted molar refractivity (Wildman–Crippen MR) is 96.0 cm³/mol. The van der Waals surface area contributed by atoms with Gasteiger partial charge in [0.2, 0.25) is 0 Å². The van der Waals surface area contributed by atoms with E-state index >= 15 is 0 Å². The van der Waals surface area contributed by atoms with Crippen molar-refractivity contribution in [3.8, 4) is 22.8 Å². The van der Waals surface area contributed by atoms with E-state index in [1.54, 1.807) is 12.4 Å². The SMILES string of the molecule is c1ccc(-c2nc(NC3CCOCC3)cc(-c3cccnc3)n2)nc1. The maximum atomic E-state index is 5.43. The van der Waals surface area contributed by atoms with E-state index < -0.39 is 0 Å². The molecule has 0 spiro atoms. The summed E-state index contributed by atoms with van der Waals surface area (Å²) in [6.45, 7) is 1.57. The molecule has 1 aliphatic rings. The molecule has 0 aromatic carbocycles. The van der Waals surface area contributed by atoms with E-state index in [-0.39, 0.29) is 0 Å². The number of anilines is 1. The Morgan fingerprint density at radius 2 is 1.88 bits per heavy atom. The van der Waals surface area contributed by atoms with Gasteiger partial charge < -0.3 is 10.1 Å². The summed E-state index contributed by atoms with van der Waals surface area (Å²) in [6.07, 6.45) is 7.27. The van der Waals surface area contributed by atoms with Gasteiger partial charge >= 0.3 is 0 Å². The van der Waals surface area contributed by atoms with Crippen molar-refractivity contribution in [1.82, 2.24) is 19.9 Å². The first-order valence-electron chi connectivity index (χ1n) is 8.44. The molecule has 0 amide bonds. The Labute approximate surface area is 146 Å². The first kappa shape index (κ1) is 15.7. The second-order valence-corrected chi connectivity index (χ2v) is 5.95. The summed E-state index contributed by atoms with van der Waals surface area (Å²) in [5.74, 6) is 1.41. The highest BCUT2D eigenvalue weighted by Crippen LogP contribution is 2.24. The van der Waals surface area contributed by atoms with Crippen LogP contribution in [0.25, 0.3) is 22.8 Å². The molecule has 1 fully saturated rings. The fraction of sp³-hybridized carbons (Fsp3) is 0.263. The van der Waals surface area contributed by atoms with Crippen LogP contribution in [0.5, 0.6) is 0 Å². The lowest BCUT2D eigenvalue weighted by atomic mass is 10.1. The van der Waals surface area contributed by atoms with Gasteiger partial charge in [-0.3, -0.25) is 9.97 Å². The van der Waals surface area contributed by atoms with E-state index in [1.165, 1.54) is 0 Å². The highest BCUT2D eigenvalue weighted by atomic mass is 16.5. The monoisotopic (exact) mass is 333 g/mol. The second kappa shape index (κ2) is 7.36. The Morgan fingerprint density at radius 1 is 0.960 bits per heavy atom. The predicted octanol–water partition coefficient (Wildman–Crippen LogP) is 3.19. The van der Waals surface area contributed by atoms with Gasteiger partial charge in [-0.25, -0.2) is 9.97 Å². The van der Waals surface area contributed by atoms with Crippen molar-refractivity contribution in [2.75, 3.05) is 18.5 Å². The first-order valence-corrected chi connectivity index (χ1v) is 8.44. The zero-order chi connectivity index (χ0) is 16.9. The Hall–Kier alpha value is -2.86. The highest BCUT2D eigenvalue weighted by molar-refractivity contribution is 5.65. The molecule has 0 atom stereocenters. The van der Waals surface area contributed by atoms with Gasteiger partial charge in [0.1, 0.15) is 11.5 Å². The third-order valence-corrected chi connectivity index (χ3v) is 4.15. The molecule has 1 saturated heterocycles. The summed E-state index contributed by atoms with van der Waals surface area (Å²) in [4.78, 5) is 17.9. The van der Waals surface area contributed by atoms with Crippen LogP contribution in [0.4, 0.5) is 5.82 Å². The fourth-order valence-corrected chi connectivity index (χ4v) is 2.84. The summed E-state index contributed by atoms with van der Waals surface area (Å²) in [7, 11) is 0. The first-order chi connectivity index (χ1) is 12.4. The standard InChI is InChI=1S/C19H19N5O/c1-2-9-21-16(5-1)19-23-17(14-4-3-8-20-13-14)12-18(24-19)22-15-6-10-25-11-7-15/h1-5,8-9,12-13,15H,6-7,10-11H2,(H,22,23,24). The molecule has 0 unspecified atom stereocenters. The molecule has 6 heteroatoms. The second-order valence-electron chi connectivity index (χ2n) is 5.95. The molecule has 0 aliphatic carbocycles. The summed E-state index contributed by atoms with van der Waals surface area (Å²) in [5, 5.41) is 3.52. The van der Waals surface area contributed by atoms with Crippen LogP contribution in [0, 0.1) is 0 Å². The number of pyridine rings is 2. The minimum Gasteiger partial charge on any atom is -0.381 e. The zero-order valence-corrected chi connectivity index (χ0v) is 13.8. The smallest absolute Gasteiger partial charge is 0.180 e. The molecule has 0 radical (unpaired) electrons. The van der Waals surface area contributed by atoms with Gasteiger partial charge in [-0.1, -0.05) is 6.07 Å². The van der Waals surface area contributed by atoms with Gasteiger partial charge in [0.15, 0.2) is 5.82 Å².